The molecule has 8 heteroatoms. The highest BCUT2D eigenvalue weighted by atomic mass is 79.9. The Kier molecular flexibility index (Phi) is 6.68. The van der Waals surface area contributed by atoms with Gasteiger partial charge >= 0.3 is 11.9 Å². The average Bonchev–Trinajstić information content (AvgIpc) is 3.01. The van der Waals surface area contributed by atoms with Crippen molar-refractivity contribution >= 4 is 33.7 Å². The number of halogens is 1. The highest BCUT2D eigenvalue weighted by molar-refractivity contribution is 9.10. The molecule has 0 amide bonds. The summed E-state index contributed by atoms with van der Waals surface area (Å²) in [6.45, 7) is 5.38. The predicted octanol–water partition coefficient (Wildman–Crippen LogP) is 3.19. The third-order valence-electron chi connectivity index (χ3n) is 3.54. The first kappa shape index (κ1) is 19.8. The van der Waals surface area contributed by atoms with Crippen LogP contribution in [0.25, 0.3) is 0 Å². The van der Waals surface area contributed by atoms with E-state index < -0.39 is 11.9 Å². The van der Waals surface area contributed by atoms with Crippen LogP contribution in [0.15, 0.2) is 28.7 Å². The second-order valence-electron chi connectivity index (χ2n) is 5.40. The Morgan fingerprint density at radius 3 is 2.35 bits per heavy atom. The molecule has 0 aliphatic heterocycles. The van der Waals surface area contributed by atoms with Gasteiger partial charge < -0.3 is 9.47 Å². The van der Waals surface area contributed by atoms with Crippen molar-refractivity contribution in [1.29, 1.82) is 0 Å². The topological polar surface area (TPSA) is 87.5 Å². The highest BCUT2D eigenvalue weighted by Gasteiger charge is 2.22. The van der Waals surface area contributed by atoms with Crippen LogP contribution >= 0.6 is 15.9 Å². The Balaban J connectivity index is 2.33. The summed E-state index contributed by atoms with van der Waals surface area (Å²) in [7, 11) is 0. The summed E-state index contributed by atoms with van der Waals surface area (Å²) in [5.74, 6) is -1.58. The molecule has 7 nitrogen and oxygen atoms in total. The van der Waals surface area contributed by atoms with Gasteiger partial charge in [-0.05, 0) is 32.4 Å². The first-order chi connectivity index (χ1) is 12.4. The Morgan fingerprint density at radius 1 is 1.08 bits per heavy atom. The van der Waals surface area contributed by atoms with E-state index >= 15 is 0 Å². The summed E-state index contributed by atoms with van der Waals surface area (Å²) in [5.41, 5.74) is 1.44. The number of hydrogen-bond donors (Lipinski definition) is 0. The van der Waals surface area contributed by atoms with E-state index in [1.807, 2.05) is 13.0 Å². The number of carbonyl (C=O) groups is 3. The number of aryl methyl sites for hydroxylation is 1. The van der Waals surface area contributed by atoms with Gasteiger partial charge in [0.2, 0.25) is 0 Å². The highest BCUT2D eigenvalue weighted by Crippen LogP contribution is 2.18. The first-order valence-electron chi connectivity index (χ1n) is 8.08. The van der Waals surface area contributed by atoms with Gasteiger partial charge in [-0.1, -0.05) is 28.1 Å². The van der Waals surface area contributed by atoms with Crippen LogP contribution in [0, 0.1) is 6.92 Å². The summed E-state index contributed by atoms with van der Waals surface area (Å²) in [5, 5.41) is 4.05. The van der Waals surface area contributed by atoms with Gasteiger partial charge in [0.05, 0.1) is 13.2 Å². The lowest BCUT2D eigenvalue weighted by Crippen LogP contribution is -2.18. The third-order valence-corrected chi connectivity index (χ3v) is 4.39. The van der Waals surface area contributed by atoms with Gasteiger partial charge in [0.25, 0.3) is 0 Å². The molecule has 0 N–H and O–H groups in total. The van der Waals surface area contributed by atoms with Gasteiger partial charge in [-0.15, -0.1) is 0 Å². The normalized spacial score (nSPS) is 10.5. The minimum absolute atomic E-state index is 0.0226. The molecular formula is C18H19BrN2O5. The number of ketones is 1. The van der Waals surface area contributed by atoms with Crippen molar-refractivity contribution in [3.63, 3.8) is 0 Å². The fourth-order valence-corrected chi connectivity index (χ4v) is 2.58. The molecule has 0 unspecified atom stereocenters. The number of rotatable bonds is 7. The fourth-order valence-electron chi connectivity index (χ4n) is 2.21. The van der Waals surface area contributed by atoms with E-state index in [4.69, 9.17) is 9.47 Å². The van der Waals surface area contributed by atoms with Gasteiger partial charge in [-0.25, -0.2) is 14.3 Å². The zero-order valence-corrected chi connectivity index (χ0v) is 16.3. The van der Waals surface area contributed by atoms with Crippen LogP contribution in [-0.4, -0.2) is 40.7 Å². The van der Waals surface area contributed by atoms with Crippen LogP contribution < -0.4 is 0 Å². The maximum absolute atomic E-state index is 12.6. The third kappa shape index (κ3) is 4.57. The molecule has 0 spiro atoms. The predicted molar refractivity (Wildman–Crippen MR) is 97.3 cm³/mol. The molecule has 0 atom stereocenters. The standard InChI is InChI=1S/C18H19BrN2O5/c1-4-25-17(23)14-9-15(18(24)26-5-2)21(20-14)10-16(22)12-7-6-11(3)13(19)8-12/h6-9H,4-5,10H2,1-3H3. The van der Waals surface area contributed by atoms with Crippen LogP contribution in [0.1, 0.15) is 50.7 Å². The zero-order valence-electron chi connectivity index (χ0n) is 14.7. The van der Waals surface area contributed by atoms with Gasteiger partial charge in [0.15, 0.2) is 11.5 Å². The molecule has 1 aromatic heterocycles. The molecule has 0 radical (unpaired) electrons. The van der Waals surface area contributed by atoms with E-state index in [9.17, 15) is 14.4 Å². The maximum atomic E-state index is 12.6. The summed E-state index contributed by atoms with van der Waals surface area (Å²) >= 11 is 3.39. The number of Topliss-reactive ketones (excluding diaryl/α,β-unsaturated/α-hetero) is 1. The van der Waals surface area contributed by atoms with Gasteiger partial charge in [-0.2, -0.15) is 5.10 Å². The van der Waals surface area contributed by atoms with Crippen molar-refractivity contribution in [2.75, 3.05) is 13.2 Å². The molecule has 138 valence electrons. The van der Waals surface area contributed by atoms with Crippen molar-refractivity contribution in [2.24, 2.45) is 0 Å². The second kappa shape index (κ2) is 8.75. The summed E-state index contributed by atoms with van der Waals surface area (Å²) < 4.78 is 11.8. The quantitative estimate of drug-likeness (QED) is 0.502. The Labute approximate surface area is 159 Å². The summed E-state index contributed by atoms with van der Waals surface area (Å²) in [4.78, 5) is 36.6. The van der Waals surface area contributed by atoms with E-state index in [1.165, 1.54) is 10.7 Å². The molecule has 1 aromatic carbocycles. The van der Waals surface area contributed by atoms with Crippen LogP contribution in [0.4, 0.5) is 0 Å². The van der Waals surface area contributed by atoms with Gasteiger partial charge in [0.1, 0.15) is 12.2 Å². The van der Waals surface area contributed by atoms with Gasteiger partial charge in [-0.3, -0.25) is 4.79 Å². The molecular weight excluding hydrogens is 404 g/mol. The largest absolute Gasteiger partial charge is 0.461 e. The molecule has 0 saturated heterocycles. The molecule has 26 heavy (non-hydrogen) atoms. The fraction of sp³-hybridized carbons (Fsp3) is 0.333. The second-order valence-corrected chi connectivity index (χ2v) is 6.25. The number of carbonyl (C=O) groups excluding carboxylic acids is 3. The molecule has 0 saturated carbocycles. The number of nitrogens with zero attached hydrogens (tertiary/aromatic N) is 2. The molecule has 0 bridgehead atoms. The van der Waals surface area contributed by atoms with Crippen molar-refractivity contribution in [1.82, 2.24) is 9.78 Å². The molecule has 2 rings (SSSR count). The van der Waals surface area contributed by atoms with Gasteiger partial charge in [0, 0.05) is 16.1 Å². The maximum Gasteiger partial charge on any atom is 0.358 e. The van der Waals surface area contributed by atoms with E-state index in [1.54, 1.807) is 26.0 Å². The molecule has 2 aromatic rings. The van der Waals surface area contributed by atoms with Crippen molar-refractivity contribution in [3.8, 4) is 0 Å². The Bertz CT molecular complexity index is 844. The number of aromatic nitrogens is 2. The van der Waals surface area contributed by atoms with E-state index in [0.29, 0.717) is 5.56 Å². The lowest BCUT2D eigenvalue weighted by molar-refractivity contribution is 0.0505. The van der Waals surface area contributed by atoms with Crippen LogP contribution in [-0.2, 0) is 16.0 Å². The lowest BCUT2D eigenvalue weighted by atomic mass is 10.1. The SMILES string of the molecule is CCOC(=O)c1cc(C(=O)OCC)n(CC(=O)c2ccc(C)c(Br)c2)n1. The smallest absolute Gasteiger partial charge is 0.358 e. The first-order valence-corrected chi connectivity index (χ1v) is 8.88. The minimum atomic E-state index is -0.665. The van der Waals surface area contributed by atoms with E-state index in [-0.39, 0.29) is 36.9 Å². The van der Waals surface area contributed by atoms with Crippen molar-refractivity contribution < 1.29 is 23.9 Å². The van der Waals surface area contributed by atoms with Crippen molar-refractivity contribution in [2.45, 2.75) is 27.3 Å². The molecule has 0 aliphatic rings. The number of esters is 2. The van der Waals surface area contributed by atoms with Crippen LogP contribution in [0.3, 0.4) is 0 Å². The molecule has 1 heterocycles. The average molecular weight is 423 g/mol. The van der Waals surface area contributed by atoms with E-state index in [0.717, 1.165) is 10.0 Å². The number of ether oxygens (including phenoxy) is 2. The monoisotopic (exact) mass is 422 g/mol. The van der Waals surface area contributed by atoms with Crippen LogP contribution in [0.2, 0.25) is 0 Å². The minimum Gasteiger partial charge on any atom is -0.461 e. The summed E-state index contributed by atoms with van der Waals surface area (Å²) in [6.07, 6.45) is 0. The zero-order chi connectivity index (χ0) is 19.3. The van der Waals surface area contributed by atoms with E-state index in [2.05, 4.69) is 21.0 Å². The number of hydrogen-bond acceptors (Lipinski definition) is 6. The Morgan fingerprint density at radius 2 is 1.73 bits per heavy atom. The van der Waals surface area contributed by atoms with Crippen LogP contribution in [0.5, 0.6) is 0 Å². The molecule has 0 aliphatic carbocycles. The number of benzene rings is 1. The van der Waals surface area contributed by atoms with Crippen molar-refractivity contribution in [3.05, 3.63) is 51.3 Å². The lowest BCUT2D eigenvalue weighted by Gasteiger charge is -2.07. The Hall–Kier alpha value is -2.48. The summed E-state index contributed by atoms with van der Waals surface area (Å²) in [6, 6.07) is 6.49. The molecule has 0 fully saturated rings.